The van der Waals surface area contributed by atoms with Crippen molar-refractivity contribution in [3.05, 3.63) is 35.1 Å². The van der Waals surface area contributed by atoms with Gasteiger partial charge < -0.3 is 0 Å². The Hall–Kier alpha value is -1.21. The third-order valence-electron chi connectivity index (χ3n) is 1.55. The number of nitrogens with one attached hydrogen (secondary N) is 1. The van der Waals surface area contributed by atoms with Gasteiger partial charge in [0.1, 0.15) is 0 Å². The summed E-state index contributed by atoms with van der Waals surface area (Å²) < 4.78 is 63.0. The highest BCUT2D eigenvalue weighted by atomic mass is 19.3. The molecule has 2 nitrogen and oxygen atoms in total. The zero-order valence-corrected chi connectivity index (χ0v) is 6.62. The summed E-state index contributed by atoms with van der Waals surface area (Å²) in [6, 6.07) is -3.15. The van der Waals surface area contributed by atoms with Crippen LogP contribution in [0.25, 0.3) is 0 Å². The van der Waals surface area contributed by atoms with Crippen molar-refractivity contribution < 1.29 is 22.0 Å². The average molecular weight is 212 g/mol. The Labute approximate surface area is 75.5 Å². The lowest BCUT2D eigenvalue weighted by molar-refractivity contribution is -0.0451. The van der Waals surface area contributed by atoms with Crippen molar-refractivity contribution in [2.24, 2.45) is 5.84 Å². The molecule has 0 fully saturated rings. The zero-order chi connectivity index (χ0) is 10.9. The van der Waals surface area contributed by atoms with Gasteiger partial charge in [-0.25, -0.2) is 13.2 Å². The van der Waals surface area contributed by atoms with Crippen LogP contribution in [0.4, 0.5) is 22.0 Å². The van der Waals surface area contributed by atoms with Crippen molar-refractivity contribution in [1.29, 1.82) is 0 Å². The first-order valence-corrected chi connectivity index (χ1v) is 3.39. The number of halogens is 5. The molecule has 0 atom stereocenters. The fourth-order valence-corrected chi connectivity index (χ4v) is 0.846. The van der Waals surface area contributed by atoms with E-state index in [9.17, 15) is 22.0 Å². The highest BCUT2D eigenvalue weighted by Crippen LogP contribution is 2.28. The van der Waals surface area contributed by atoms with Crippen LogP contribution in [0.15, 0.2) is 12.1 Å². The van der Waals surface area contributed by atoms with Crippen LogP contribution in [0, 0.1) is 17.5 Å². The second-order valence-electron chi connectivity index (χ2n) is 2.44. The zero-order valence-electron chi connectivity index (χ0n) is 6.62. The molecule has 0 bridgehead atoms. The molecule has 0 aliphatic rings. The maximum absolute atomic E-state index is 12.8. The van der Waals surface area contributed by atoms with E-state index >= 15 is 0 Å². The van der Waals surface area contributed by atoms with Crippen LogP contribution in [0.1, 0.15) is 5.56 Å². The molecule has 1 aromatic rings. The molecular formula is C7H5F5N2. The van der Waals surface area contributed by atoms with Crippen LogP contribution in [0.3, 0.4) is 0 Å². The minimum absolute atomic E-state index is 0.388. The quantitative estimate of drug-likeness (QED) is 0.257. The van der Waals surface area contributed by atoms with E-state index in [0.29, 0.717) is 12.1 Å². The van der Waals surface area contributed by atoms with E-state index in [1.165, 1.54) is 0 Å². The van der Waals surface area contributed by atoms with Crippen molar-refractivity contribution in [3.63, 3.8) is 0 Å². The third-order valence-corrected chi connectivity index (χ3v) is 1.55. The summed E-state index contributed by atoms with van der Waals surface area (Å²) in [5.41, 5.74) is -0.366. The highest BCUT2D eigenvalue weighted by Gasteiger charge is 2.35. The summed E-state index contributed by atoms with van der Waals surface area (Å²) in [6.45, 7) is 0. The third kappa shape index (κ3) is 1.68. The number of hydrogen-bond donors (Lipinski definition) is 2. The molecule has 3 N–H and O–H groups in total. The van der Waals surface area contributed by atoms with Crippen molar-refractivity contribution in [3.8, 4) is 0 Å². The van der Waals surface area contributed by atoms with E-state index in [-0.39, 0.29) is 0 Å². The van der Waals surface area contributed by atoms with E-state index in [0.717, 1.165) is 5.43 Å². The largest absolute Gasteiger partial charge is 0.344 e. The van der Waals surface area contributed by atoms with Crippen LogP contribution in [0.5, 0.6) is 0 Å². The summed E-state index contributed by atoms with van der Waals surface area (Å²) >= 11 is 0. The molecule has 0 saturated heterocycles. The maximum Gasteiger partial charge on any atom is 0.344 e. The molecule has 1 rings (SSSR count). The first-order valence-electron chi connectivity index (χ1n) is 3.39. The first kappa shape index (κ1) is 10.9. The Morgan fingerprint density at radius 3 is 2.14 bits per heavy atom. The van der Waals surface area contributed by atoms with E-state index in [1.54, 1.807) is 0 Å². The molecule has 0 saturated carbocycles. The standard InChI is InChI=1S/C7H5F5N2/c8-4-2-1-3(5(9)6(4)10)7(11,12)14-13/h1-2,14H,13H2. The Morgan fingerprint density at radius 2 is 1.64 bits per heavy atom. The van der Waals surface area contributed by atoms with Gasteiger partial charge >= 0.3 is 6.05 Å². The average Bonchev–Trinajstić information content (AvgIpc) is 2.14. The number of alkyl halides is 2. The van der Waals surface area contributed by atoms with Crippen LogP contribution in [-0.2, 0) is 6.05 Å². The molecule has 0 aromatic heterocycles. The van der Waals surface area contributed by atoms with E-state index in [4.69, 9.17) is 0 Å². The van der Waals surface area contributed by atoms with Crippen molar-refractivity contribution in [2.75, 3.05) is 0 Å². The van der Waals surface area contributed by atoms with Gasteiger partial charge in [-0.3, -0.25) is 5.84 Å². The molecule has 7 heteroatoms. The summed E-state index contributed by atoms with van der Waals surface area (Å²) in [6.07, 6.45) is 0. The second-order valence-corrected chi connectivity index (χ2v) is 2.44. The Balaban J connectivity index is 3.31. The lowest BCUT2D eigenvalue weighted by atomic mass is 10.1. The molecule has 0 radical (unpaired) electrons. The van der Waals surface area contributed by atoms with E-state index in [2.05, 4.69) is 5.84 Å². The number of hydrogen-bond acceptors (Lipinski definition) is 2. The molecule has 0 unspecified atom stereocenters. The van der Waals surface area contributed by atoms with Crippen molar-refractivity contribution in [2.45, 2.75) is 6.05 Å². The number of hydrazine groups is 1. The number of nitrogens with two attached hydrogens (primary N) is 1. The molecule has 1 aromatic carbocycles. The van der Waals surface area contributed by atoms with Crippen LogP contribution in [-0.4, -0.2) is 0 Å². The van der Waals surface area contributed by atoms with E-state index < -0.39 is 29.1 Å². The van der Waals surface area contributed by atoms with Gasteiger partial charge in [0.05, 0.1) is 5.56 Å². The molecule has 0 heterocycles. The molecule has 78 valence electrons. The molecule has 14 heavy (non-hydrogen) atoms. The topological polar surface area (TPSA) is 38.0 Å². The van der Waals surface area contributed by atoms with Crippen LogP contribution >= 0.6 is 0 Å². The predicted molar refractivity (Wildman–Crippen MR) is 37.5 cm³/mol. The normalized spacial score (nSPS) is 11.9. The van der Waals surface area contributed by atoms with Gasteiger partial charge in [0.2, 0.25) is 0 Å². The molecule has 0 spiro atoms. The monoisotopic (exact) mass is 212 g/mol. The highest BCUT2D eigenvalue weighted by molar-refractivity contribution is 5.23. The Kier molecular flexibility index (Phi) is 2.72. The number of rotatable bonds is 2. The molecule has 0 amide bonds. The molecular weight excluding hydrogens is 207 g/mol. The number of benzene rings is 1. The lowest BCUT2D eigenvalue weighted by Gasteiger charge is -2.15. The van der Waals surface area contributed by atoms with Crippen LogP contribution < -0.4 is 11.3 Å². The van der Waals surface area contributed by atoms with Crippen molar-refractivity contribution >= 4 is 0 Å². The smallest absolute Gasteiger partial charge is 0.266 e. The van der Waals surface area contributed by atoms with Gasteiger partial charge in [0.15, 0.2) is 17.5 Å². The fraction of sp³-hybridized carbons (Fsp3) is 0.143. The van der Waals surface area contributed by atoms with Gasteiger partial charge in [-0.1, -0.05) is 0 Å². The fourth-order valence-electron chi connectivity index (χ4n) is 0.846. The van der Waals surface area contributed by atoms with Gasteiger partial charge in [-0.2, -0.15) is 14.2 Å². The Bertz CT molecular complexity index is 352. The summed E-state index contributed by atoms with van der Waals surface area (Å²) in [5.74, 6) is -1.06. The minimum atomic E-state index is -3.95. The maximum atomic E-state index is 12.8. The predicted octanol–water partition coefficient (Wildman–Crippen LogP) is 1.62. The van der Waals surface area contributed by atoms with Gasteiger partial charge in [0.25, 0.3) is 0 Å². The summed E-state index contributed by atoms with van der Waals surface area (Å²) in [5, 5.41) is 0. The van der Waals surface area contributed by atoms with Gasteiger partial charge in [-0.05, 0) is 12.1 Å². The summed E-state index contributed by atoms with van der Waals surface area (Å²) in [7, 11) is 0. The molecule has 0 aliphatic heterocycles. The Morgan fingerprint density at radius 1 is 1.07 bits per heavy atom. The second kappa shape index (κ2) is 3.50. The summed E-state index contributed by atoms with van der Waals surface area (Å²) in [4.78, 5) is 0. The van der Waals surface area contributed by atoms with E-state index in [1.807, 2.05) is 0 Å². The first-order chi connectivity index (χ1) is 6.40. The SMILES string of the molecule is NNC(F)(F)c1ccc(F)c(F)c1F. The van der Waals surface area contributed by atoms with Crippen LogP contribution in [0.2, 0.25) is 0 Å². The van der Waals surface area contributed by atoms with Gasteiger partial charge in [-0.15, -0.1) is 0 Å². The van der Waals surface area contributed by atoms with Gasteiger partial charge in [0, 0.05) is 0 Å². The molecule has 0 aliphatic carbocycles. The lowest BCUT2D eigenvalue weighted by Crippen LogP contribution is -2.40. The minimum Gasteiger partial charge on any atom is -0.266 e. The van der Waals surface area contributed by atoms with Crippen molar-refractivity contribution in [1.82, 2.24) is 5.43 Å².